The standard InChI is InChI=1S/C11H18N2.2ClH/c1-13-11(9-12)8-7-10-5-3-2-4-6-10;;/h2-6,11,13H,7-9,12H2,1H3;2*1H. The topological polar surface area (TPSA) is 38.0 Å². The average Bonchev–Trinajstić information content (AvgIpc) is 2.21. The number of nitrogens with two attached hydrogens (primary N) is 1. The summed E-state index contributed by atoms with van der Waals surface area (Å²) in [4.78, 5) is 0. The van der Waals surface area contributed by atoms with Crippen molar-refractivity contribution in [2.75, 3.05) is 13.6 Å². The molecule has 1 unspecified atom stereocenters. The first-order chi connectivity index (χ1) is 6.36. The quantitative estimate of drug-likeness (QED) is 0.840. The zero-order valence-electron chi connectivity index (χ0n) is 8.98. The van der Waals surface area contributed by atoms with Crippen molar-refractivity contribution in [2.24, 2.45) is 5.73 Å². The lowest BCUT2D eigenvalue weighted by Gasteiger charge is -2.12. The molecule has 1 aromatic rings. The van der Waals surface area contributed by atoms with E-state index < -0.39 is 0 Å². The molecule has 0 aliphatic heterocycles. The molecule has 0 aromatic heterocycles. The molecule has 0 saturated carbocycles. The highest BCUT2D eigenvalue weighted by Crippen LogP contribution is 2.03. The summed E-state index contributed by atoms with van der Waals surface area (Å²) in [5.41, 5.74) is 6.97. The maximum Gasteiger partial charge on any atom is 0.0190 e. The van der Waals surface area contributed by atoms with E-state index >= 15 is 0 Å². The lowest BCUT2D eigenvalue weighted by molar-refractivity contribution is 0.532. The maximum absolute atomic E-state index is 5.58. The molecule has 0 aliphatic carbocycles. The molecule has 0 fully saturated rings. The van der Waals surface area contributed by atoms with Crippen LogP contribution in [-0.4, -0.2) is 19.6 Å². The number of likely N-dealkylation sites (N-methyl/N-ethyl adjacent to an activating group) is 1. The van der Waals surface area contributed by atoms with Crippen LogP contribution in [0.3, 0.4) is 0 Å². The number of nitrogens with one attached hydrogen (secondary N) is 1. The van der Waals surface area contributed by atoms with Crippen LogP contribution in [-0.2, 0) is 6.42 Å². The third kappa shape index (κ3) is 6.74. The van der Waals surface area contributed by atoms with Crippen LogP contribution in [0.2, 0.25) is 0 Å². The predicted octanol–water partition coefficient (Wildman–Crippen LogP) is 2.01. The first-order valence-electron chi connectivity index (χ1n) is 4.78. The van der Waals surface area contributed by atoms with Crippen LogP contribution in [0.1, 0.15) is 12.0 Å². The first kappa shape index (κ1) is 17.1. The summed E-state index contributed by atoms with van der Waals surface area (Å²) < 4.78 is 0. The van der Waals surface area contributed by atoms with Crippen molar-refractivity contribution in [3.05, 3.63) is 35.9 Å². The summed E-state index contributed by atoms with van der Waals surface area (Å²) in [5.74, 6) is 0. The summed E-state index contributed by atoms with van der Waals surface area (Å²) in [5, 5.41) is 3.20. The van der Waals surface area contributed by atoms with E-state index in [-0.39, 0.29) is 24.8 Å². The molecule has 1 atom stereocenters. The lowest BCUT2D eigenvalue weighted by Crippen LogP contribution is -2.33. The molecule has 0 radical (unpaired) electrons. The highest BCUT2D eigenvalue weighted by Gasteiger charge is 2.02. The van der Waals surface area contributed by atoms with Crippen molar-refractivity contribution in [1.29, 1.82) is 0 Å². The van der Waals surface area contributed by atoms with Gasteiger partial charge in [-0.2, -0.15) is 0 Å². The van der Waals surface area contributed by atoms with E-state index in [0.717, 1.165) is 12.8 Å². The molecule has 0 amide bonds. The molecule has 15 heavy (non-hydrogen) atoms. The molecule has 4 heteroatoms. The van der Waals surface area contributed by atoms with Crippen molar-refractivity contribution in [1.82, 2.24) is 5.32 Å². The van der Waals surface area contributed by atoms with Crippen molar-refractivity contribution in [3.63, 3.8) is 0 Å². The molecule has 0 aliphatic rings. The van der Waals surface area contributed by atoms with Gasteiger partial charge in [0.1, 0.15) is 0 Å². The SMILES string of the molecule is CNC(CN)CCc1ccccc1.Cl.Cl. The highest BCUT2D eigenvalue weighted by atomic mass is 35.5. The Balaban J connectivity index is 0. The summed E-state index contributed by atoms with van der Waals surface area (Å²) in [6.45, 7) is 0.712. The number of hydrogen-bond acceptors (Lipinski definition) is 2. The van der Waals surface area contributed by atoms with E-state index in [1.165, 1.54) is 5.56 Å². The van der Waals surface area contributed by atoms with Crippen LogP contribution in [0.15, 0.2) is 30.3 Å². The Hall–Kier alpha value is -0.280. The van der Waals surface area contributed by atoms with Gasteiger partial charge in [0.05, 0.1) is 0 Å². The van der Waals surface area contributed by atoms with Gasteiger partial charge in [-0.15, -0.1) is 24.8 Å². The van der Waals surface area contributed by atoms with Gasteiger partial charge in [0.15, 0.2) is 0 Å². The van der Waals surface area contributed by atoms with Crippen molar-refractivity contribution in [2.45, 2.75) is 18.9 Å². The monoisotopic (exact) mass is 250 g/mol. The molecular weight excluding hydrogens is 231 g/mol. The number of benzene rings is 1. The van der Waals surface area contributed by atoms with E-state index in [2.05, 4.69) is 29.6 Å². The van der Waals surface area contributed by atoms with Crippen molar-refractivity contribution < 1.29 is 0 Å². The minimum atomic E-state index is 0. The number of halogens is 2. The van der Waals surface area contributed by atoms with Crippen molar-refractivity contribution >= 4 is 24.8 Å². The number of rotatable bonds is 5. The smallest absolute Gasteiger partial charge is 0.0190 e. The maximum atomic E-state index is 5.58. The molecule has 2 nitrogen and oxygen atoms in total. The highest BCUT2D eigenvalue weighted by molar-refractivity contribution is 5.85. The Kier molecular flexibility index (Phi) is 11.7. The second-order valence-corrected chi connectivity index (χ2v) is 3.25. The third-order valence-corrected chi connectivity index (χ3v) is 2.32. The molecule has 0 spiro atoms. The third-order valence-electron chi connectivity index (χ3n) is 2.32. The Labute approximate surface area is 104 Å². The predicted molar refractivity (Wildman–Crippen MR) is 71.2 cm³/mol. The van der Waals surface area contributed by atoms with E-state index in [9.17, 15) is 0 Å². The van der Waals surface area contributed by atoms with E-state index in [4.69, 9.17) is 5.73 Å². The van der Waals surface area contributed by atoms with Gasteiger partial charge in [-0.25, -0.2) is 0 Å². The molecule has 88 valence electrons. The zero-order valence-corrected chi connectivity index (χ0v) is 10.6. The van der Waals surface area contributed by atoms with Crippen LogP contribution in [0.5, 0.6) is 0 Å². The van der Waals surface area contributed by atoms with Crippen molar-refractivity contribution in [3.8, 4) is 0 Å². The first-order valence-corrected chi connectivity index (χ1v) is 4.78. The molecular formula is C11H20Cl2N2. The minimum Gasteiger partial charge on any atom is -0.329 e. The van der Waals surface area contributed by atoms with Crippen LogP contribution < -0.4 is 11.1 Å². The largest absolute Gasteiger partial charge is 0.329 e. The fourth-order valence-electron chi connectivity index (χ4n) is 1.37. The second kappa shape index (κ2) is 10.2. The summed E-state index contributed by atoms with van der Waals surface area (Å²) in [6, 6.07) is 11.0. The normalized spacial score (nSPS) is 11.1. The Morgan fingerprint density at radius 1 is 1.20 bits per heavy atom. The van der Waals surface area contributed by atoms with Gasteiger partial charge in [-0.3, -0.25) is 0 Å². The lowest BCUT2D eigenvalue weighted by atomic mass is 10.1. The van der Waals surface area contributed by atoms with Gasteiger partial charge < -0.3 is 11.1 Å². The molecule has 1 aromatic carbocycles. The minimum absolute atomic E-state index is 0. The van der Waals surface area contributed by atoms with Crippen LogP contribution in [0, 0.1) is 0 Å². The van der Waals surface area contributed by atoms with Gasteiger partial charge in [0, 0.05) is 12.6 Å². The van der Waals surface area contributed by atoms with E-state index in [1.807, 2.05) is 13.1 Å². The molecule has 0 bridgehead atoms. The van der Waals surface area contributed by atoms with Gasteiger partial charge in [-0.05, 0) is 25.5 Å². The second-order valence-electron chi connectivity index (χ2n) is 3.25. The van der Waals surface area contributed by atoms with E-state index in [0.29, 0.717) is 12.6 Å². The van der Waals surface area contributed by atoms with Gasteiger partial charge in [-0.1, -0.05) is 30.3 Å². The number of aryl methyl sites for hydroxylation is 1. The van der Waals surface area contributed by atoms with Crippen LogP contribution in [0.25, 0.3) is 0 Å². The molecule has 3 N–H and O–H groups in total. The molecule has 0 saturated heterocycles. The van der Waals surface area contributed by atoms with Gasteiger partial charge in [0.25, 0.3) is 0 Å². The van der Waals surface area contributed by atoms with E-state index in [1.54, 1.807) is 0 Å². The Morgan fingerprint density at radius 2 is 1.80 bits per heavy atom. The summed E-state index contributed by atoms with van der Waals surface area (Å²) in [6.07, 6.45) is 2.21. The summed E-state index contributed by atoms with van der Waals surface area (Å²) in [7, 11) is 1.96. The molecule has 0 heterocycles. The summed E-state index contributed by atoms with van der Waals surface area (Å²) >= 11 is 0. The fourth-order valence-corrected chi connectivity index (χ4v) is 1.37. The van der Waals surface area contributed by atoms with Crippen LogP contribution >= 0.6 is 24.8 Å². The average molecular weight is 251 g/mol. The van der Waals surface area contributed by atoms with Crippen LogP contribution in [0.4, 0.5) is 0 Å². The number of hydrogen-bond donors (Lipinski definition) is 2. The van der Waals surface area contributed by atoms with Gasteiger partial charge >= 0.3 is 0 Å². The Morgan fingerprint density at radius 3 is 2.27 bits per heavy atom. The fraction of sp³-hybridized carbons (Fsp3) is 0.455. The Bertz CT molecular complexity index is 225. The zero-order chi connectivity index (χ0) is 9.52. The molecule has 1 rings (SSSR count). The van der Waals surface area contributed by atoms with Gasteiger partial charge in [0.2, 0.25) is 0 Å².